The molecule has 11 heteroatoms. The molecule has 0 bridgehead atoms. The number of carboxylic acids is 1. The zero-order valence-electron chi connectivity index (χ0n) is 17.5. The minimum Gasteiger partial charge on any atom is -0.508 e. The highest BCUT2D eigenvalue weighted by molar-refractivity contribution is 7.80. The number of nitrogens with two attached hydrogens (primary N) is 1. The van der Waals surface area contributed by atoms with Crippen LogP contribution < -0.4 is 21.7 Å². The molecule has 0 aliphatic carbocycles. The third-order valence-corrected chi connectivity index (χ3v) is 4.72. The fourth-order valence-electron chi connectivity index (χ4n) is 2.76. The zero-order chi connectivity index (χ0) is 23.6. The first-order chi connectivity index (χ1) is 14.6. The number of phenols is 1. The van der Waals surface area contributed by atoms with Crippen LogP contribution >= 0.6 is 12.6 Å². The van der Waals surface area contributed by atoms with E-state index >= 15 is 0 Å². The molecule has 172 valence electrons. The Hall–Kier alpha value is -2.79. The number of aliphatic carboxylic acids is 1. The summed E-state index contributed by atoms with van der Waals surface area (Å²) in [5.41, 5.74) is 5.98. The molecule has 31 heavy (non-hydrogen) atoms. The van der Waals surface area contributed by atoms with Crippen molar-refractivity contribution in [3.63, 3.8) is 0 Å². The molecule has 0 aliphatic heterocycles. The summed E-state index contributed by atoms with van der Waals surface area (Å²) in [6.45, 7) is 3.33. The van der Waals surface area contributed by atoms with Gasteiger partial charge in [-0.1, -0.05) is 26.0 Å². The lowest BCUT2D eigenvalue weighted by Gasteiger charge is -2.24. The van der Waals surface area contributed by atoms with Crippen molar-refractivity contribution in [2.24, 2.45) is 11.7 Å². The fourth-order valence-corrected chi connectivity index (χ4v) is 3.02. The predicted octanol–water partition coefficient (Wildman–Crippen LogP) is -0.592. The van der Waals surface area contributed by atoms with E-state index in [4.69, 9.17) is 5.73 Å². The fraction of sp³-hybridized carbons (Fsp3) is 0.500. The maximum atomic E-state index is 12.8. The van der Waals surface area contributed by atoms with Crippen molar-refractivity contribution in [2.45, 2.75) is 44.8 Å². The molecule has 0 aliphatic rings. The smallest absolute Gasteiger partial charge is 0.326 e. The van der Waals surface area contributed by atoms with Crippen LogP contribution in [-0.2, 0) is 25.6 Å². The van der Waals surface area contributed by atoms with Crippen LogP contribution in [0.4, 0.5) is 0 Å². The van der Waals surface area contributed by atoms with E-state index in [2.05, 4.69) is 28.6 Å². The minimum absolute atomic E-state index is 0.0339. The van der Waals surface area contributed by atoms with E-state index < -0.39 is 41.8 Å². The van der Waals surface area contributed by atoms with E-state index in [0.717, 1.165) is 0 Å². The first kappa shape index (κ1) is 26.2. The number of benzene rings is 1. The Morgan fingerprint density at radius 2 is 1.52 bits per heavy atom. The van der Waals surface area contributed by atoms with Gasteiger partial charge in [-0.05, 0) is 30.0 Å². The van der Waals surface area contributed by atoms with Crippen LogP contribution in [0.15, 0.2) is 24.3 Å². The van der Waals surface area contributed by atoms with Crippen LogP contribution in [0.2, 0.25) is 0 Å². The van der Waals surface area contributed by atoms with Crippen molar-refractivity contribution >= 4 is 36.3 Å². The monoisotopic (exact) mass is 454 g/mol. The van der Waals surface area contributed by atoms with Gasteiger partial charge in [-0.2, -0.15) is 12.6 Å². The summed E-state index contributed by atoms with van der Waals surface area (Å²) in [5, 5.41) is 26.1. The molecule has 1 rings (SSSR count). The molecular formula is C20H30N4O6S. The number of carbonyl (C=O) groups excluding carboxylic acids is 3. The standard InChI is InChI=1S/C20H30N4O6S/c1-11(2)7-15(20(29)30)23-19(28)16(10-31)24-18(27)14(22-17(26)9-21)8-12-3-5-13(25)6-4-12/h3-6,11,14-16,25,31H,7-10,21H2,1-2H3,(H,22,26)(H,23,28)(H,24,27)(H,29,30). The quantitative estimate of drug-likeness (QED) is 0.207. The Kier molecular flexibility index (Phi) is 10.8. The van der Waals surface area contributed by atoms with Gasteiger partial charge in [0.25, 0.3) is 0 Å². The third kappa shape index (κ3) is 9.26. The van der Waals surface area contributed by atoms with Gasteiger partial charge in [0.1, 0.15) is 23.9 Å². The topological polar surface area (TPSA) is 171 Å². The molecule has 3 amide bonds. The van der Waals surface area contributed by atoms with E-state index in [-0.39, 0.29) is 36.8 Å². The van der Waals surface area contributed by atoms with Crippen LogP contribution in [0.5, 0.6) is 5.75 Å². The summed E-state index contributed by atoms with van der Waals surface area (Å²) in [6, 6.07) is 2.83. The van der Waals surface area contributed by atoms with Gasteiger partial charge in [-0.3, -0.25) is 14.4 Å². The van der Waals surface area contributed by atoms with E-state index in [0.29, 0.717) is 5.56 Å². The zero-order valence-corrected chi connectivity index (χ0v) is 18.4. The van der Waals surface area contributed by atoms with E-state index in [1.165, 1.54) is 12.1 Å². The second kappa shape index (κ2) is 12.8. The Morgan fingerprint density at radius 3 is 2.00 bits per heavy atom. The van der Waals surface area contributed by atoms with Gasteiger partial charge in [-0.15, -0.1) is 0 Å². The summed E-state index contributed by atoms with van der Waals surface area (Å²) in [6.07, 6.45) is 0.314. The van der Waals surface area contributed by atoms with Gasteiger partial charge in [0.05, 0.1) is 6.54 Å². The molecule has 7 N–H and O–H groups in total. The van der Waals surface area contributed by atoms with Gasteiger partial charge in [-0.25, -0.2) is 4.79 Å². The highest BCUT2D eigenvalue weighted by Gasteiger charge is 2.29. The normalized spacial score (nSPS) is 13.7. The van der Waals surface area contributed by atoms with Crippen LogP contribution in [0.1, 0.15) is 25.8 Å². The minimum atomic E-state index is -1.17. The summed E-state index contributed by atoms with van der Waals surface area (Å²) in [5.74, 6) is -3.07. The lowest BCUT2D eigenvalue weighted by molar-refractivity contribution is -0.142. The van der Waals surface area contributed by atoms with Gasteiger partial charge < -0.3 is 31.9 Å². The number of nitrogens with one attached hydrogen (secondary N) is 3. The predicted molar refractivity (Wildman–Crippen MR) is 118 cm³/mol. The Bertz CT molecular complexity index is 771. The number of hydrogen-bond donors (Lipinski definition) is 7. The molecule has 3 atom stereocenters. The summed E-state index contributed by atoms with van der Waals surface area (Å²) in [7, 11) is 0. The van der Waals surface area contributed by atoms with Crippen molar-refractivity contribution in [1.82, 2.24) is 16.0 Å². The highest BCUT2D eigenvalue weighted by atomic mass is 32.1. The van der Waals surface area contributed by atoms with Crippen LogP contribution in [-0.4, -0.2) is 64.3 Å². The van der Waals surface area contributed by atoms with Crippen molar-refractivity contribution in [3.8, 4) is 5.75 Å². The van der Waals surface area contributed by atoms with E-state index in [9.17, 15) is 29.4 Å². The van der Waals surface area contributed by atoms with Gasteiger partial charge in [0.15, 0.2) is 0 Å². The van der Waals surface area contributed by atoms with Crippen molar-refractivity contribution in [3.05, 3.63) is 29.8 Å². The van der Waals surface area contributed by atoms with Crippen LogP contribution in [0, 0.1) is 5.92 Å². The van der Waals surface area contributed by atoms with Crippen molar-refractivity contribution in [2.75, 3.05) is 12.3 Å². The van der Waals surface area contributed by atoms with Gasteiger partial charge in [0.2, 0.25) is 17.7 Å². The van der Waals surface area contributed by atoms with Gasteiger partial charge in [0, 0.05) is 12.2 Å². The largest absolute Gasteiger partial charge is 0.508 e. The number of hydrogen-bond acceptors (Lipinski definition) is 7. The first-order valence-corrected chi connectivity index (χ1v) is 10.4. The second-order valence-corrected chi connectivity index (χ2v) is 7.83. The van der Waals surface area contributed by atoms with Gasteiger partial charge >= 0.3 is 5.97 Å². The van der Waals surface area contributed by atoms with E-state index in [1.807, 2.05) is 13.8 Å². The molecule has 1 aromatic carbocycles. The maximum absolute atomic E-state index is 12.8. The molecular weight excluding hydrogens is 424 g/mol. The Labute approximate surface area is 186 Å². The number of phenolic OH excluding ortho intramolecular Hbond substituents is 1. The molecule has 3 unspecified atom stereocenters. The number of rotatable bonds is 12. The Morgan fingerprint density at radius 1 is 0.968 bits per heavy atom. The number of thiol groups is 1. The molecule has 1 aromatic rings. The second-order valence-electron chi connectivity index (χ2n) is 7.47. The molecule has 10 nitrogen and oxygen atoms in total. The van der Waals surface area contributed by atoms with E-state index in [1.54, 1.807) is 12.1 Å². The lowest BCUT2D eigenvalue weighted by atomic mass is 10.0. The van der Waals surface area contributed by atoms with Crippen molar-refractivity contribution < 1.29 is 29.4 Å². The molecule has 0 saturated heterocycles. The van der Waals surface area contributed by atoms with Crippen molar-refractivity contribution in [1.29, 1.82) is 0 Å². The summed E-state index contributed by atoms with van der Waals surface area (Å²) >= 11 is 4.08. The molecule has 0 aromatic heterocycles. The van der Waals surface area contributed by atoms with Crippen LogP contribution in [0.25, 0.3) is 0 Å². The molecule has 0 saturated carbocycles. The average Bonchev–Trinajstić information content (AvgIpc) is 2.71. The highest BCUT2D eigenvalue weighted by Crippen LogP contribution is 2.12. The Balaban J connectivity index is 2.91. The summed E-state index contributed by atoms with van der Waals surface area (Å²) < 4.78 is 0. The maximum Gasteiger partial charge on any atom is 0.326 e. The number of aromatic hydroxyl groups is 1. The number of amides is 3. The molecule has 0 spiro atoms. The average molecular weight is 455 g/mol. The third-order valence-electron chi connectivity index (χ3n) is 4.35. The lowest BCUT2D eigenvalue weighted by Crippen LogP contribution is -2.57. The van der Waals surface area contributed by atoms with Crippen LogP contribution in [0.3, 0.4) is 0 Å². The molecule has 0 fully saturated rings. The summed E-state index contributed by atoms with van der Waals surface area (Å²) in [4.78, 5) is 48.5. The number of carboxylic acid groups (broad SMARTS) is 1. The number of carbonyl (C=O) groups is 4. The SMILES string of the molecule is CC(C)CC(NC(=O)C(CS)NC(=O)C(Cc1ccc(O)cc1)NC(=O)CN)C(=O)O. The molecule has 0 radical (unpaired) electrons. The molecule has 0 heterocycles. The first-order valence-electron chi connectivity index (χ1n) is 9.79.